The molecule has 5 heteroatoms. The van der Waals surface area contributed by atoms with Gasteiger partial charge in [0.15, 0.2) is 0 Å². The average molecular weight is 224 g/mol. The number of ether oxygens (including phenoxy) is 1. The van der Waals surface area contributed by atoms with Crippen LogP contribution < -0.4 is 10.2 Å². The maximum atomic E-state index is 13.0. The van der Waals surface area contributed by atoms with Gasteiger partial charge in [-0.1, -0.05) is 6.07 Å². The first kappa shape index (κ1) is 10.9. The predicted molar refractivity (Wildman–Crippen MR) is 57.9 cm³/mol. The van der Waals surface area contributed by atoms with Crippen molar-refractivity contribution in [1.29, 1.82) is 0 Å². The Balaban J connectivity index is 2.13. The Morgan fingerprint density at radius 1 is 1.62 bits per heavy atom. The maximum Gasteiger partial charge on any atom is 0.414 e. The van der Waals surface area contributed by atoms with E-state index in [9.17, 15) is 9.18 Å². The van der Waals surface area contributed by atoms with Crippen molar-refractivity contribution >= 4 is 11.8 Å². The van der Waals surface area contributed by atoms with E-state index < -0.39 is 6.09 Å². The van der Waals surface area contributed by atoms with Gasteiger partial charge in [-0.05, 0) is 25.2 Å². The van der Waals surface area contributed by atoms with Crippen LogP contribution in [0.25, 0.3) is 0 Å². The number of benzene rings is 1. The molecule has 1 aliphatic rings. The van der Waals surface area contributed by atoms with Crippen molar-refractivity contribution in [3.8, 4) is 0 Å². The van der Waals surface area contributed by atoms with Crippen LogP contribution in [0.5, 0.6) is 0 Å². The fourth-order valence-electron chi connectivity index (χ4n) is 1.71. The molecule has 0 aromatic heterocycles. The molecule has 1 aliphatic heterocycles. The number of cyclic esters (lactones) is 1. The smallest absolute Gasteiger partial charge is 0.414 e. The first-order valence-corrected chi connectivity index (χ1v) is 5.09. The van der Waals surface area contributed by atoms with Crippen LogP contribution in [-0.2, 0) is 4.74 Å². The molecule has 0 aliphatic carbocycles. The third-order valence-electron chi connectivity index (χ3n) is 2.43. The minimum absolute atomic E-state index is 0.180. The van der Waals surface area contributed by atoms with Crippen molar-refractivity contribution in [3.63, 3.8) is 0 Å². The van der Waals surface area contributed by atoms with E-state index >= 15 is 0 Å². The zero-order valence-electron chi connectivity index (χ0n) is 8.94. The topological polar surface area (TPSA) is 41.6 Å². The Bertz CT molecular complexity index is 397. The van der Waals surface area contributed by atoms with Crippen molar-refractivity contribution < 1.29 is 13.9 Å². The zero-order valence-corrected chi connectivity index (χ0v) is 8.94. The summed E-state index contributed by atoms with van der Waals surface area (Å²) in [6.07, 6.45) is -0.605. The van der Waals surface area contributed by atoms with E-state index in [2.05, 4.69) is 5.32 Å². The number of hydrogen-bond donors (Lipinski definition) is 1. The number of nitrogens with one attached hydrogen (secondary N) is 1. The van der Waals surface area contributed by atoms with E-state index in [1.54, 1.807) is 19.2 Å². The van der Waals surface area contributed by atoms with E-state index in [0.717, 1.165) is 0 Å². The van der Waals surface area contributed by atoms with E-state index in [1.807, 2.05) is 0 Å². The highest BCUT2D eigenvalue weighted by molar-refractivity contribution is 5.89. The van der Waals surface area contributed by atoms with Crippen LogP contribution in [0.3, 0.4) is 0 Å². The minimum atomic E-state index is -0.425. The minimum Gasteiger partial charge on any atom is -0.443 e. The molecule has 1 aromatic rings. The molecule has 0 saturated carbocycles. The molecule has 4 nitrogen and oxygen atoms in total. The molecule has 0 spiro atoms. The number of carbonyl (C=O) groups excluding carboxylic acids is 1. The normalized spacial score (nSPS) is 20.0. The summed E-state index contributed by atoms with van der Waals surface area (Å²) >= 11 is 0. The molecule has 0 radical (unpaired) electrons. The number of likely N-dealkylation sites (N-methyl/N-ethyl adjacent to an activating group) is 1. The quantitative estimate of drug-likeness (QED) is 0.843. The van der Waals surface area contributed by atoms with Crippen LogP contribution in [-0.4, -0.2) is 32.3 Å². The molecule has 1 atom stereocenters. The third kappa shape index (κ3) is 2.14. The van der Waals surface area contributed by atoms with Gasteiger partial charge in [-0.25, -0.2) is 9.18 Å². The number of halogens is 1. The standard InChI is InChI=1S/C11H13FN2O2/c1-13-6-10-7-14(11(15)16-10)9-4-2-3-8(12)5-9/h2-5,10,13H,6-7H2,1H3/t10-/m0/s1. The van der Waals surface area contributed by atoms with E-state index in [1.165, 1.54) is 17.0 Å². The SMILES string of the molecule is CNC[C@H]1CN(c2cccc(F)c2)C(=O)O1. The van der Waals surface area contributed by atoms with Crippen LogP contribution in [0, 0.1) is 5.82 Å². The van der Waals surface area contributed by atoms with Crippen molar-refractivity contribution in [2.75, 3.05) is 25.0 Å². The lowest BCUT2D eigenvalue weighted by Crippen LogP contribution is -2.29. The number of rotatable bonds is 3. The van der Waals surface area contributed by atoms with Crippen LogP contribution in [0.1, 0.15) is 0 Å². The predicted octanol–water partition coefficient (Wildman–Crippen LogP) is 1.37. The highest BCUT2D eigenvalue weighted by atomic mass is 19.1. The van der Waals surface area contributed by atoms with Crippen molar-refractivity contribution in [1.82, 2.24) is 5.32 Å². The van der Waals surface area contributed by atoms with Crippen molar-refractivity contribution in [2.45, 2.75) is 6.10 Å². The van der Waals surface area contributed by atoms with Gasteiger partial charge in [-0.15, -0.1) is 0 Å². The molecule has 0 bridgehead atoms. The van der Waals surface area contributed by atoms with Crippen molar-refractivity contribution in [2.24, 2.45) is 0 Å². The molecule has 1 amide bonds. The monoisotopic (exact) mass is 224 g/mol. The molecule has 1 saturated heterocycles. The summed E-state index contributed by atoms with van der Waals surface area (Å²) in [5.74, 6) is -0.359. The summed E-state index contributed by atoms with van der Waals surface area (Å²) in [6.45, 7) is 1.04. The lowest BCUT2D eigenvalue weighted by molar-refractivity contribution is 0.141. The van der Waals surface area contributed by atoms with Gasteiger partial charge in [0.1, 0.15) is 11.9 Å². The third-order valence-corrected chi connectivity index (χ3v) is 2.43. The molecule has 2 rings (SSSR count). The molecule has 1 heterocycles. The van der Waals surface area contributed by atoms with Gasteiger partial charge in [0.05, 0.1) is 12.2 Å². The Kier molecular flexibility index (Phi) is 3.05. The largest absolute Gasteiger partial charge is 0.443 e. The number of carbonyl (C=O) groups is 1. The first-order valence-electron chi connectivity index (χ1n) is 5.09. The summed E-state index contributed by atoms with van der Waals surface area (Å²) in [7, 11) is 1.79. The zero-order chi connectivity index (χ0) is 11.5. The number of amides is 1. The van der Waals surface area contributed by atoms with Gasteiger partial charge in [0.25, 0.3) is 0 Å². The Morgan fingerprint density at radius 2 is 2.44 bits per heavy atom. The van der Waals surface area contributed by atoms with E-state index in [0.29, 0.717) is 18.8 Å². The van der Waals surface area contributed by atoms with Crippen LogP contribution in [0.4, 0.5) is 14.9 Å². The maximum absolute atomic E-state index is 13.0. The lowest BCUT2D eigenvalue weighted by Gasteiger charge is -2.12. The Hall–Kier alpha value is -1.62. The lowest BCUT2D eigenvalue weighted by atomic mass is 10.2. The second-order valence-corrected chi connectivity index (χ2v) is 3.65. The summed E-state index contributed by atoms with van der Waals surface area (Å²) < 4.78 is 18.1. The molecular weight excluding hydrogens is 211 g/mol. The molecule has 16 heavy (non-hydrogen) atoms. The van der Waals surface area contributed by atoms with Gasteiger partial charge >= 0.3 is 6.09 Å². The van der Waals surface area contributed by atoms with Crippen molar-refractivity contribution in [3.05, 3.63) is 30.1 Å². The Morgan fingerprint density at radius 3 is 3.12 bits per heavy atom. The summed E-state index contributed by atoms with van der Waals surface area (Å²) in [5, 5.41) is 2.94. The van der Waals surface area contributed by atoms with Gasteiger partial charge in [-0.2, -0.15) is 0 Å². The number of anilines is 1. The van der Waals surface area contributed by atoms with Crippen LogP contribution in [0.2, 0.25) is 0 Å². The van der Waals surface area contributed by atoms with Crippen LogP contribution >= 0.6 is 0 Å². The fourth-order valence-corrected chi connectivity index (χ4v) is 1.71. The number of hydrogen-bond acceptors (Lipinski definition) is 3. The first-order chi connectivity index (χ1) is 7.70. The van der Waals surface area contributed by atoms with E-state index in [-0.39, 0.29) is 11.9 Å². The summed E-state index contributed by atoms with van der Waals surface area (Å²) in [6, 6.07) is 5.93. The van der Waals surface area contributed by atoms with Gasteiger partial charge < -0.3 is 10.1 Å². The summed E-state index contributed by atoms with van der Waals surface area (Å²) in [5.41, 5.74) is 0.531. The molecule has 0 unspecified atom stereocenters. The average Bonchev–Trinajstić information content (AvgIpc) is 2.60. The van der Waals surface area contributed by atoms with Crippen LogP contribution in [0.15, 0.2) is 24.3 Å². The number of nitrogens with zero attached hydrogens (tertiary/aromatic N) is 1. The Labute approximate surface area is 93.0 Å². The molecule has 86 valence electrons. The van der Waals surface area contributed by atoms with Gasteiger partial charge in [-0.3, -0.25) is 4.90 Å². The highest BCUT2D eigenvalue weighted by Gasteiger charge is 2.31. The van der Waals surface area contributed by atoms with Gasteiger partial charge in [0.2, 0.25) is 0 Å². The van der Waals surface area contributed by atoms with E-state index in [4.69, 9.17) is 4.74 Å². The molecular formula is C11H13FN2O2. The molecule has 1 N–H and O–H groups in total. The summed E-state index contributed by atoms with van der Waals surface area (Å²) in [4.78, 5) is 13.0. The second kappa shape index (κ2) is 4.49. The molecule has 1 fully saturated rings. The fraction of sp³-hybridized carbons (Fsp3) is 0.364. The molecule has 1 aromatic carbocycles. The second-order valence-electron chi connectivity index (χ2n) is 3.65. The highest BCUT2D eigenvalue weighted by Crippen LogP contribution is 2.21. The van der Waals surface area contributed by atoms with Gasteiger partial charge in [0, 0.05) is 6.54 Å².